The number of benzene rings is 2. The number of rotatable bonds is 4. The van der Waals surface area contributed by atoms with E-state index in [2.05, 4.69) is 10.3 Å². The molecule has 0 atom stereocenters. The van der Waals surface area contributed by atoms with Crippen molar-refractivity contribution in [2.75, 3.05) is 5.32 Å². The van der Waals surface area contributed by atoms with Crippen LogP contribution in [0.2, 0.25) is 5.02 Å². The van der Waals surface area contributed by atoms with Crippen LogP contribution in [0.4, 0.5) is 5.82 Å². The largest absolute Gasteiger partial charge is 0.361 e. The molecule has 3 rings (SSSR count). The highest BCUT2D eigenvalue weighted by Gasteiger charge is 2.06. The molecule has 22 heavy (non-hydrogen) atoms. The average molecular weight is 312 g/mol. The van der Waals surface area contributed by atoms with Crippen molar-refractivity contribution in [3.8, 4) is 5.69 Å². The van der Waals surface area contributed by atoms with Gasteiger partial charge in [0.2, 0.25) is 0 Å². The molecule has 110 valence electrons. The molecule has 0 saturated carbocycles. The zero-order valence-corrected chi connectivity index (χ0v) is 12.5. The third-order valence-electron chi connectivity index (χ3n) is 3.25. The van der Waals surface area contributed by atoms with Crippen molar-refractivity contribution < 1.29 is 0 Å². The standard InChI is InChI=1S/C17H14ClN3O/c18-14-6-8-15(9-7-14)21-11-10-19-16(17(21)22)20-12-13-4-2-1-3-5-13/h1-11H,12H2,(H,19,20). The second-order valence-electron chi connectivity index (χ2n) is 4.77. The number of nitrogens with one attached hydrogen (secondary N) is 1. The van der Waals surface area contributed by atoms with Crippen LogP contribution in [0, 0.1) is 0 Å². The molecule has 4 nitrogen and oxygen atoms in total. The Morgan fingerprint density at radius 2 is 1.77 bits per heavy atom. The lowest BCUT2D eigenvalue weighted by molar-refractivity contribution is 0.944. The summed E-state index contributed by atoms with van der Waals surface area (Å²) in [4.78, 5) is 16.6. The van der Waals surface area contributed by atoms with Crippen LogP contribution in [-0.4, -0.2) is 9.55 Å². The summed E-state index contributed by atoms with van der Waals surface area (Å²) >= 11 is 5.88. The third-order valence-corrected chi connectivity index (χ3v) is 3.50. The topological polar surface area (TPSA) is 46.9 Å². The van der Waals surface area contributed by atoms with E-state index in [9.17, 15) is 4.79 Å². The first-order chi connectivity index (χ1) is 10.7. The summed E-state index contributed by atoms with van der Waals surface area (Å²) in [6.07, 6.45) is 3.24. The quantitative estimate of drug-likeness (QED) is 0.802. The van der Waals surface area contributed by atoms with Gasteiger partial charge in [0.15, 0.2) is 5.82 Å². The van der Waals surface area contributed by atoms with Gasteiger partial charge >= 0.3 is 0 Å². The van der Waals surface area contributed by atoms with E-state index in [1.165, 1.54) is 4.57 Å². The molecule has 0 radical (unpaired) electrons. The van der Waals surface area contributed by atoms with Gasteiger partial charge in [-0.05, 0) is 29.8 Å². The molecule has 0 aliphatic rings. The molecule has 2 aromatic carbocycles. The highest BCUT2D eigenvalue weighted by molar-refractivity contribution is 6.30. The van der Waals surface area contributed by atoms with E-state index < -0.39 is 0 Å². The van der Waals surface area contributed by atoms with E-state index in [1.54, 1.807) is 36.7 Å². The van der Waals surface area contributed by atoms with Gasteiger partial charge in [-0.3, -0.25) is 9.36 Å². The van der Waals surface area contributed by atoms with Crippen molar-refractivity contribution in [2.45, 2.75) is 6.54 Å². The third kappa shape index (κ3) is 3.18. The summed E-state index contributed by atoms with van der Waals surface area (Å²) in [7, 11) is 0. The Morgan fingerprint density at radius 3 is 2.50 bits per heavy atom. The second kappa shape index (κ2) is 6.45. The van der Waals surface area contributed by atoms with Crippen LogP contribution in [0.15, 0.2) is 71.8 Å². The van der Waals surface area contributed by atoms with Gasteiger partial charge in [0.1, 0.15) is 0 Å². The zero-order valence-electron chi connectivity index (χ0n) is 11.7. The highest BCUT2D eigenvalue weighted by Crippen LogP contribution is 2.12. The predicted molar refractivity (Wildman–Crippen MR) is 88.6 cm³/mol. The number of aromatic nitrogens is 2. The van der Waals surface area contributed by atoms with Crippen molar-refractivity contribution in [2.24, 2.45) is 0 Å². The number of halogens is 1. The summed E-state index contributed by atoms with van der Waals surface area (Å²) in [5.41, 5.74) is 1.64. The Labute approximate surface area is 133 Å². The summed E-state index contributed by atoms with van der Waals surface area (Å²) < 4.78 is 1.54. The molecule has 1 N–H and O–H groups in total. The lowest BCUT2D eigenvalue weighted by atomic mass is 10.2. The van der Waals surface area contributed by atoms with Crippen molar-refractivity contribution in [3.63, 3.8) is 0 Å². The lowest BCUT2D eigenvalue weighted by Crippen LogP contribution is -2.23. The fourth-order valence-corrected chi connectivity index (χ4v) is 2.25. The monoisotopic (exact) mass is 311 g/mol. The van der Waals surface area contributed by atoms with Crippen molar-refractivity contribution in [3.05, 3.63) is 87.9 Å². The van der Waals surface area contributed by atoms with E-state index in [0.29, 0.717) is 17.4 Å². The van der Waals surface area contributed by atoms with Crippen LogP contribution >= 0.6 is 11.6 Å². The molecule has 5 heteroatoms. The fraction of sp³-hybridized carbons (Fsp3) is 0.0588. The fourth-order valence-electron chi connectivity index (χ4n) is 2.12. The van der Waals surface area contributed by atoms with E-state index >= 15 is 0 Å². The van der Waals surface area contributed by atoms with Crippen LogP contribution in [0.3, 0.4) is 0 Å². The van der Waals surface area contributed by atoms with Crippen molar-refractivity contribution in [1.82, 2.24) is 9.55 Å². The molecule has 3 aromatic rings. The molecule has 0 amide bonds. The Kier molecular flexibility index (Phi) is 4.21. The van der Waals surface area contributed by atoms with Crippen LogP contribution < -0.4 is 10.9 Å². The van der Waals surface area contributed by atoms with E-state index in [-0.39, 0.29) is 5.56 Å². The number of hydrogen-bond acceptors (Lipinski definition) is 3. The van der Waals surface area contributed by atoms with E-state index in [0.717, 1.165) is 11.3 Å². The molecule has 1 heterocycles. The van der Waals surface area contributed by atoms with Gasteiger partial charge in [0.05, 0.1) is 0 Å². The normalized spacial score (nSPS) is 10.4. The van der Waals surface area contributed by atoms with Gasteiger partial charge in [-0.1, -0.05) is 41.9 Å². The van der Waals surface area contributed by atoms with Crippen molar-refractivity contribution in [1.29, 1.82) is 0 Å². The molecule has 0 fully saturated rings. The lowest BCUT2D eigenvalue weighted by Gasteiger charge is -2.09. The second-order valence-corrected chi connectivity index (χ2v) is 5.20. The molecule has 0 bridgehead atoms. The molecule has 0 unspecified atom stereocenters. The number of nitrogens with zero attached hydrogens (tertiary/aromatic N) is 2. The first-order valence-electron chi connectivity index (χ1n) is 6.85. The minimum absolute atomic E-state index is 0.194. The predicted octanol–water partition coefficient (Wildman–Crippen LogP) is 3.50. The van der Waals surface area contributed by atoms with E-state index in [4.69, 9.17) is 11.6 Å². The van der Waals surface area contributed by atoms with Crippen LogP contribution in [-0.2, 0) is 6.54 Å². The van der Waals surface area contributed by atoms with Crippen molar-refractivity contribution >= 4 is 17.4 Å². The molecular weight excluding hydrogens is 298 g/mol. The maximum Gasteiger partial charge on any atom is 0.297 e. The van der Waals surface area contributed by atoms with Gasteiger partial charge in [-0.2, -0.15) is 0 Å². The molecular formula is C17H14ClN3O. The maximum atomic E-state index is 12.5. The summed E-state index contributed by atoms with van der Waals surface area (Å²) in [6.45, 7) is 0.549. The first kappa shape index (κ1) is 14.4. The Hall–Kier alpha value is -2.59. The van der Waals surface area contributed by atoms with Gasteiger partial charge in [-0.15, -0.1) is 0 Å². The van der Waals surface area contributed by atoms with Gasteiger partial charge in [-0.25, -0.2) is 4.98 Å². The van der Waals surface area contributed by atoms with Gasteiger partial charge in [0, 0.05) is 29.6 Å². The molecule has 0 saturated heterocycles. The average Bonchev–Trinajstić information content (AvgIpc) is 2.56. The van der Waals surface area contributed by atoms with Gasteiger partial charge in [0.25, 0.3) is 5.56 Å². The Balaban J connectivity index is 1.86. The first-order valence-corrected chi connectivity index (χ1v) is 7.23. The summed E-state index contributed by atoms with van der Waals surface area (Å²) in [5, 5.41) is 3.71. The Bertz CT molecular complexity index is 813. The minimum atomic E-state index is -0.194. The Morgan fingerprint density at radius 1 is 1.05 bits per heavy atom. The maximum absolute atomic E-state index is 12.5. The van der Waals surface area contributed by atoms with Crippen LogP contribution in [0.25, 0.3) is 5.69 Å². The van der Waals surface area contributed by atoms with Gasteiger partial charge < -0.3 is 5.32 Å². The SMILES string of the molecule is O=c1c(NCc2ccccc2)nccn1-c1ccc(Cl)cc1. The molecule has 0 spiro atoms. The summed E-state index contributed by atoms with van der Waals surface area (Å²) in [5.74, 6) is 0.321. The zero-order chi connectivity index (χ0) is 15.4. The minimum Gasteiger partial charge on any atom is -0.361 e. The summed E-state index contributed by atoms with van der Waals surface area (Å²) in [6, 6.07) is 17.0. The number of anilines is 1. The smallest absolute Gasteiger partial charge is 0.297 e. The molecule has 1 aromatic heterocycles. The highest BCUT2D eigenvalue weighted by atomic mass is 35.5. The van der Waals surface area contributed by atoms with Crippen LogP contribution in [0.1, 0.15) is 5.56 Å². The molecule has 0 aliphatic carbocycles. The molecule has 0 aliphatic heterocycles. The van der Waals surface area contributed by atoms with Crippen LogP contribution in [0.5, 0.6) is 0 Å². The number of hydrogen-bond donors (Lipinski definition) is 1. The van der Waals surface area contributed by atoms with E-state index in [1.807, 2.05) is 30.3 Å².